The van der Waals surface area contributed by atoms with Gasteiger partial charge in [0.15, 0.2) is 11.4 Å². The fourth-order valence-electron chi connectivity index (χ4n) is 0.680. The molecule has 50 valence electrons. The Kier molecular flexibility index (Phi) is 1.18. The summed E-state index contributed by atoms with van der Waals surface area (Å²) in [5.74, 6) is -0.435. The van der Waals surface area contributed by atoms with Crippen molar-refractivity contribution < 1.29 is 15.0 Å². The molecule has 0 amide bonds. The van der Waals surface area contributed by atoms with Crippen LogP contribution in [0.4, 0.5) is 0 Å². The SMILES string of the molecule is C[C@]1(O)C(=O)C=C[C@@H]1O. The van der Waals surface area contributed by atoms with E-state index in [-0.39, 0.29) is 0 Å². The second-order valence-electron chi connectivity index (χ2n) is 2.32. The molecule has 0 aromatic heterocycles. The van der Waals surface area contributed by atoms with E-state index in [0.717, 1.165) is 0 Å². The van der Waals surface area contributed by atoms with Crippen molar-refractivity contribution in [3.05, 3.63) is 12.2 Å². The zero-order chi connectivity index (χ0) is 7.07. The fourth-order valence-corrected chi connectivity index (χ4v) is 0.680. The zero-order valence-electron chi connectivity index (χ0n) is 5.03. The molecule has 3 heteroatoms. The third kappa shape index (κ3) is 0.781. The molecule has 0 fully saturated rings. The largest absolute Gasteiger partial charge is 0.386 e. The molecule has 9 heavy (non-hydrogen) atoms. The Bertz CT molecular complexity index is 169. The minimum atomic E-state index is -1.58. The number of ketones is 1. The lowest BCUT2D eigenvalue weighted by molar-refractivity contribution is -0.135. The number of hydrogen-bond acceptors (Lipinski definition) is 3. The van der Waals surface area contributed by atoms with Crippen molar-refractivity contribution in [2.45, 2.75) is 18.6 Å². The highest BCUT2D eigenvalue weighted by Gasteiger charge is 2.39. The lowest BCUT2D eigenvalue weighted by Crippen LogP contribution is -2.40. The lowest BCUT2D eigenvalue weighted by atomic mass is 10.0. The molecule has 0 aromatic carbocycles. The highest BCUT2D eigenvalue weighted by molar-refractivity contribution is 5.99. The van der Waals surface area contributed by atoms with E-state index in [2.05, 4.69) is 0 Å². The molecule has 0 aliphatic heterocycles. The van der Waals surface area contributed by atoms with Crippen LogP contribution in [0.15, 0.2) is 12.2 Å². The van der Waals surface area contributed by atoms with Crippen molar-refractivity contribution in [2.75, 3.05) is 0 Å². The minimum Gasteiger partial charge on any atom is -0.386 e. The van der Waals surface area contributed by atoms with Gasteiger partial charge in [-0.05, 0) is 19.1 Å². The number of carbonyl (C=O) groups is 1. The van der Waals surface area contributed by atoms with Crippen LogP contribution in [0.5, 0.6) is 0 Å². The van der Waals surface area contributed by atoms with Gasteiger partial charge in [-0.15, -0.1) is 0 Å². The molecule has 0 aromatic rings. The summed E-state index contributed by atoms with van der Waals surface area (Å²) in [5, 5.41) is 17.9. The van der Waals surface area contributed by atoms with E-state index in [4.69, 9.17) is 10.2 Å². The predicted molar refractivity (Wildman–Crippen MR) is 30.8 cm³/mol. The van der Waals surface area contributed by atoms with Gasteiger partial charge in [0.1, 0.15) is 6.10 Å². The molecule has 0 saturated carbocycles. The van der Waals surface area contributed by atoms with Gasteiger partial charge in [-0.25, -0.2) is 0 Å². The van der Waals surface area contributed by atoms with Crippen molar-refractivity contribution in [2.24, 2.45) is 0 Å². The topological polar surface area (TPSA) is 57.5 Å². The number of carbonyl (C=O) groups excluding carboxylic acids is 1. The van der Waals surface area contributed by atoms with Crippen LogP contribution in [0.25, 0.3) is 0 Å². The van der Waals surface area contributed by atoms with Crippen molar-refractivity contribution in [3.63, 3.8) is 0 Å². The Morgan fingerprint density at radius 2 is 2.33 bits per heavy atom. The Labute approximate surface area is 52.6 Å². The van der Waals surface area contributed by atoms with Crippen LogP contribution in [0.3, 0.4) is 0 Å². The smallest absolute Gasteiger partial charge is 0.189 e. The van der Waals surface area contributed by atoms with E-state index in [0.29, 0.717) is 0 Å². The summed E-state index contributed by atoms with van der Waals surface area (Å²) in [5.41, 5.74) is -1.58. The van der Waals surface area contributed by atoms with Crippen molar-refractivity contribution in [1.29, 1.82) is 0 Å². The first-order valence-corrected chi connectivity index (χ1v) is 2.68. The van der Waals surface area contributed by atoms with Gasteiger partial charge in [0.25, 0.3) is 0 Å². The van der Waals surface area contributed by atoms with Crippen LogP contribution < -0.4 is 0 Å². The molecule has 0 bridgehead atoms. The first-order valence-electron chi connectivity index (χ1n) is 2.68. The van der Waals surface area contributed by atoms with Crippen molar-refractivity contribution in [3.8, 4) is 0 Å². The van der Waals surface area contributed by atoms with Gasteiger partial charge >= 0.3 is 0 Å². The van der Waals surface area contributed by atoms with E-state index >= 15 is 0 Å². The molecule has 0 heterocycles. The average molecular weight is 128 g/mol. The third-order valence-electron chi connectivity index (χ3n) is 1.50. The van der Waals surface area contributed by atoms with E-state index in [1.165, 1.54) is 19.1 Å². The van der Waals surface area contributed by atoms with Gasteiger partial charge in [-0.2, -0.15) is 0 Å². The van der Waals surface area contributed by atoms with Crippen molar-refractivity contribution in [1.82, 2.24) is 0 Å². The molecule has 0 saturated heterocycles. The molecule has 1 aliphatic carbocycles. The normalized spacial score (nSPS) is 42.1. The molecular weight excluding hydrogens is 120 g/mol. The van der Waals surface area contributed by atoms with Gasteiger partial charge in [0.05, 0.1) is 0 Å². The Balaban J connectivity index is 2.88. The molecule has 2 N–H and O–H groups in total. The van der Waals surface area contributed by atoms with Gasteiger partial charge in [-0.1, -0.05) is 0 Å². The van der Waals surface area contributed by atoms with Crippen LogP contribution in [-0.2, 0) is 4.79 Å². The number of rotatable bonds is 0. The number of aliphatic hydroxyl groups is 2. The first-order chi connectivity index (χ1) is 4.05. The molecule has 0 spiro atoms. The van der Waals surface area contributed by atoms with E-state index in [1.54, 1.807) is 0 Å². The Morgan fingerprint density at radius 3 is 2.44 bits per heavy atom. The molecule has 3 nitrogen and oxygen atoms in total. The Hall–Kier alpha value is -0.670. The van der Waals surface area contributed by atoms with Crippen LogP contribution in [0.2, 0.25) is 0 Å². The molecule has 1 aliphatic rings. The lowest BCUT2D eigenvalue weighted by Gasteiger charge is -2.17. The monoisotopic (exact) mass is 128 g/mol. The zero-order valence-corrected chi connectivity index (χ0v) is 5.03. The maximum Gasteiger partial charge on any atom is 0.189 e. The molecule has 0 unspecified atom stereocenters. The summed E-state index contributed by atoms with van der Waals surface area (Å²) in [7, 11) is 0. The Morgan fingerprint density at radius 1 is 1.78 bits per heavy atom. The maximum absolute atomic E-state index is 10.6. The molecule has 2 atom stereocenters. The second-order valence-corrected chi connectivity index (χ2v) is 2.32. The molecule has 0 radical (unpaired) electrons. The second kappa shape index (κ2) is 1.65. The average Bonchev–Trinajstić information content (AvgIpc) is 1.96. The molecule has 1 rings (SSSR count). The minimum absolute atomic E-state index is 0.435. The fraction of sp³-hybridized carbons (Fsp3) is 0.500. The summed E-state index contributed by atoms with van der Waals surface area (Å²) in [6, 6.07) is 0. The maximum atomic E-state index is 10.6. The van der Waals surface area contributed by atoms with E-state index in [9.17, 15) is 4.79 Å². The standard InChI is InChI=1S/C6H8O3/c1-6(9)4(7)2-3-5(6)8/h2-4,7,9H,1H3/t4-,6+/m0/s1. The number of hydrogen-bond donors (Lipinski definition) is 2. The van der Waals surface area contributed by atoms with Gasteiger partial charge in [0.2, 0.25) is 0 Å². The number of aliphatic hydroxyl groups excluding tert-OH is 1. The van der Waals surface area contributed by atoms with Crippen molar-refractivity contribution >= 4 is 5.78 Å². The summed E-state index contributed by atoms with van der Waals surface area (Å²) in [6.07, 6.45) is 1.43. The summed E-state index contributed by atoms with van der Waals surface area (Å²) in [4.78, 5) is 10.6. The first kappa shape index (κ1) is 6.45. The summed E-state index contributed by atoms with van der Waals surface area (Å²) >= 11 is 0. The third-order valence-corrected chi connectivity index (χ3v) is 1.50. The van der Waals surface area contributed by atoms with Crippen LogP contribution in [0, 0.1) is 0 Å². The predicted octanol–water partition coefficient (Wildman–Crippen LogP) is -0.763. The van der Waals surface area contributed by atoms with Gasteiger partial charge in [-0.3, -0.25) is 4.79 Å². The van der Waals surface area contributed by atoms with Crippen LogP contribution in [-0.4, -0.2) is 27.7 Å². The van der Waals surface area contributed by atoms with Gasteiger partial charge in [0, 0.05) is 0 Å². The summed E-state index contributed by atoms with van der Waals surface area (Å²) in [6.45, 7) is 1.29. The van der Waals surface area contributed by atoms with Crippen LogP contribution in [0.1, 0.15) is 6.92 Å². The highest BCUT2D eigenvalue weighted by Crippen LogP contribution is 2.18. The van der Waals surface area contributed by atoms with E-state index < -0.39 is 17.5 Å². The quantitative estimate of drug-likeness (QED) is 0.450. The van der Waals surface area contributed by atoms with Crippen LogP contribution >= 0.6 is 0 Å². The summed E-state index contributed by atoms with van der Waals surface area (Å²) < 4.78 is 0. The van der Waals surface area contributed by atoms with Gasteiger partial charge < -0.3 is 10.2 Å². The van der Waals surface area contributed by atoms with E-state index in [1.807, 2.05) is 0 Å². The molecular formula is C6H8O3. The highest BCUT2D eigenvalue weighted by atomic mass is 16.3.